The van der Waals surface area contributed by atoms with Gasteiger partial charge in [0.25, 0.3) is 5.24 Å². The second-order valence-electron chi connectivity index (χ2n) is 2.91. The number of carbonyl (C=O) groups is 1. The summed E-state index contributed by atoms with van der Waals surface area (Å²) in [4.78, 5) is 13.9. The van der Waals surface area contributed by atoms with Crippen molar-refractivity contribution in [1.82, 2.24) is 4.98 Å². The number of benzene rings is 1. The van der Waals surface area contributed by atoms with Gasteiger partial charge in [-0.1, -0.05) is 30.3 Å². The average molecular weight is 206 g/mol. The summed E-state index contributed by atoms with van der Waals surface area (Å²) in [5.74, 6) is 0. The highest BCUT2D eigenvalue weighted by Gasteiger charge is 2.10. The average Bonchev–Trinajstić information content (AvgIpc) is 2.67. The van der Waals surface area contributed by atoms with Gasteiger partial charge >= 0.3 is 0 Å². The minimum atomic E-state index is -0.464. The van der Waals surface area contributed by atoms with Crippen molar-refractivity contribution in [1.29, 1.82) is 0 Å². The van der Waals surface area contributed by atoms with Gasteiger partial charge in [0.2, 0.25) is 0 Å². The van der Waals surface area contributed by atoms with Crippen LogP contribution in [0.1, 0.15) is 10.5 Å². The van der Waals surface area contributed by atoms with Crippen LogP contribution in [-0.4, -0.2) is 10.2 Å². The minimum absolute atomic E-state index is 0.442. The van der Waals surface area contributed by atoms with Crippen LogP contribution in [0.5, 0.6) is 0 Å². The summed E-state index contributed by atoms with van der Waals surface area (Å²) in [6.45, 7) is 0. The SMILES string of the molecule is O=C(Cl)c1[nH]ccc1-c1ccccc1. The van der Waals surface area contributed by atoms with Gasteiger partial charge in [0, 0.05) is 11.8 Å². The molecule has 70 valence electrons. The Bertz CT molecular complexity index is 447. The maximum absolute atomic E-state index is 11.0. The molecule has 0 aliphatic carbocycles. The highest BCUT2D eigenvalue weighted by molar-refractivity contribution is 6.68. The molecule has 0 spiro atoms. The molecule has 0 saturated carbocycles. The number of halogens is 1. The number of aromatic amines is 1. The number of hydrogen-bond donors (Lipinski definition) is 1. The fraction of sp³-hybridized carbons (Fsp3) is 0. The van der Waals surface area contributed by atoms with Gasteiger partial charge in [0.1, 0.15) is 5.69 Å². The van der Waals surface area contributed by atoms with Crippen LogP contribution in [0, 0.1) is 0 Å². The molecule has 2 aromatic rings. The summed E-state index contributed by atoms with van der Waals surface area (Å²) in [7, 11) is 0. The zero-order valence-corrected chi connectivity index (χ0v) is 8.08. The van der Waals surface area contributed by atoms with Gasteiger partial charge in [-0.15, -0.1) is 0 Å². The summed E-state index contributed by atoms with van der Waals surface area (Å²) >= 11 is 5.43. The molecular weight excluding hydrogens is 198 g/mol. The van der Waals surface area contributed by atoms with E-state index in [4.69, 9.17) is 11.6 Å². The van der Waals surface area contributed by atoms with Crippen molar-refractivity contribution in [3.05, 3.63) is 48.3 Å². The lowest BCUT2D eigenvalue weighted by atomic mass is 10.1. The van der Waals surface area contributed by atoms with E-state index in [-0.39, 0.29) is 0 Å². The number of H-pyrrole nitrogens is 1. The number of hydrogen-bond acceptors (Lipinski definition) is 1. The fourth-order valence-electron chi connectivity index (χ4n) is 1.39. The topological polar surface area (TPSA) is 32.9 Å². The third-order valence-electron chi connectivity index (χ3n) is 2.03. The maximum Gasteiger partial charge on any atom is 0.269 e. The summed E-state index contributed by atoms with van der Waals surface area (Å²) < 4.78 is 0. The molecule has 0 fully saturated rings. The molecule has 0 unspecified atom stereocenters. The molecule has 0 aliphatic rings. The van der Waals surface area contributed by atoms with Gasteiger partial charge in [-0.3, -0.25) is 4.79 Å². The fourth-order valence-corrected chi connectivity index (χ4v) is 1.55. The molecule has 1 N–H and O–H groups in total. The monoisotopic (exact) mass is 205 g/mol. The Balaban J connectivity index is 2.52. The van der Waals surface area contributed by atoms with Crippen LogP contribution in [0.4, 0.5) is 0 Å². The van der Waals surface area contributed by atoms with Crippen molar-refractivity contribution in [3.8, 4) is 11.1 Å². The van der Waals surface area contributed by atoms with E-state index in [0.29, 0.717) is 5.69 Å². The van der Waals surface area contributed by atoms with Crippen LogP contribution in [0.15, 0.2) is 42.6 Å². The maximum atomic E-state index is 11.0. The lowest BCUT2D eigenvalue weighted by Crippen LogP contribution is -1.91. The quantitative estimate of drug-likeness (QED) is 0.751. The molecule has 2 nitrogen and oxygen atoms in total. The second-order valence-corrected chi connectivity index (χ2v) is 3.25. The molecule has 1 heterocycles. The highest BCUT2D eigenvalue weighted by atomic mass is 35.5. The van der Waals surface area contributed by atoms with Crippen LogP contribution < -0.4 is 0 Å². The summed E-state index contributed by atoms with van der Waals surface area (Å²) in [5, 5.41) is -0.464. The van der Waals surface area contributed by atoms with E-state index in [2.05, 4.69) is 4.98 Å². The molecule has 0 atom stereocenters. The van der Waals surface area contributed by atoms with E-state index >= 15 is 0 Å². The first-order valence-electron chi connectivity index (χ1n) is 4.21. The van der Waals surface area contributed by atoms with E-state index in [1.165, 1.54) is 0 Å². The standard InChI is InChI=1S/C11H8ClNO/c12-11(14)10-9(6-7-13-10)8-4-2-1-3-5-8/h1-7,13H. The third-order valence-corrected chi connectivity index (χ3v) is 2.22. The van der Waals surface area contributed by atoms with Crippen molar-refractivity contribution >= 4 is 16.8 Å². The number of aromatic nitrogens is 1. The number of nitrogens with one attached hydrogen (secondary N) is 1. The van der Waals surface area contributed by atoms with Gasteiger partial charge in [0.15, 0.2) is 0 Å². The Morgan fingerprint density at radius 3 is 2.50 bits per heavy atom. The van der Waals surface area contributed by atoms with E-state index < -0.39 is 5.24 Å². The van der Waals surface area contributed by atoms with Gasteiger partial charge in [-0.25, -0.2) is 0 Å². The van der Waals surface area contributed by atoms with Crippen molar-refractivity contribution in [3.63, 3.8) is 0 Å². The smallest absolute Gasteiger partial charge is 0.269 e. The first kappa shape index (κ1) is 9.03. The molecule has 0 saturated heterocycles. The summed E-state index contributed by atoms with van der Waals surface area (Å²) in [6, 6.07) is 11.5. The van der Waals surface area contributed by atoms with E-state index in [1.54, 1.807) is 6.20 Å². The van der Waals surface area contributed by atoms with Crippen LogP contribution in [0.3, 0.4) is 0 Å². The first-order chi connectivity index (χ1) is 6.79. The zero-order valence-electron chi connectivity index (χ0n) is 7.33. The summed E-state index contributed by atoms with van der Waals surface area (Å²) in [6.07, 6.45) is 1.71. The molecule has 3 heteroatoms. The minimum Gasteiger partial charge on any atom is -0.357 e. The largest absolute Gasteiger partial charge is 0.357 e. The normalized spacial score (nSPS) is 10.1. The Morgan fingerprint density at radius 2 is 1.86 bits per heavy atom. The predicted octanol–water partition coefficient (Wildman–Crippen LogP) is 3.06. The third kappa shape index (κ3) is 1.56. The van der Waals surface area contributed by atoms with Crippen LogP contribution in [0.25, 0.3) is 11.1 Å². The molecule has 1 aromatic carbocycles. The Morgan fingerprint density at radius 1 is 1.14 bits per heavy atom. The molecule has 0 radical (unpaired) electrons. The van der Waals surface area contributed by atoms with Crippen LogP contribution in [-0.2, 0) is 0 Å². The highest BCUT2D eigenvalue weighted by Crippen LogP contribution is 2.23. The lowest BCUT2D eigenvalue weighted by molar-refractivity contribution is 0.107. The molecule has 0 amide bonds. The van der Waals surface area contributed by atoms with Crippen molar-refractivity contribution in [2.45, 2.75) is 0 Å². The van der Waals surface area contributed by atoms with Gasteiger partial charge in [-0.05, 0) is 23.2 Å². The summed E-state index contributed by atoms with van der Waals surface area (Å²) in [5.41, 5.74) is 2.27. The predicted molar refractivity (Wildman–Crippen MR) is 56.4 cm³/mol. The molecular formula is C11H8ClNO. The van der Waals surface area contributed by atoms with Gasteiger partial charge in [-0.2, -0.15) is 0 Å². The zero-order chi connectivity index (χ0) is 9.97. The molecule has 0 aliphatic heterocycles. The van der Waals surface area contributed by atoms with E-state index in [0.717, 1.165) is 11.1 Å². The molecule has 1 aromatic heterocycles. The van der Waals surface area contributed by atoms with Crippen molar-refractivity contribution in [2.75, 3.05) is 0 Å². The number of carbonyl (C=O) groups excluding carboxylic acids is 1. The van der Waals surface area contributed by atoms with Crippen LogP contribution in [0.2, 0.25) is 0 Å². The van der Waals surface area contributed by atoms with Crippen molar-refractivity contribution in [2.24, 2.45) is 0 Å². The first-order valence-corrected chi connectivity index (χ1v) is 4.59. The van der Waals surface area contributed by atoms with Gasteiger partial charge < -0.3 is 4.98 Å². The molecule has 2 rings (SSSR count). The Kier molecular flexibility index (Phi) is 2.37. The number of rotatable bonds is 2. The van der Waals surface area contributed by atoms with E-state index in [9.17, 15) is 4.79 Å². The molecule has 14 heavy (non-hydrogen) atoms. The van der Waals surface area contributed by atoms with Crippen LogP contribution >= 0.6 is 11.6 Å². The Hall–Kier alpha value is -1.54. The Labute approximate surface area is 86.5 Å². The van der Waals surface area contributed by atoms with Crippen molar-refractivity contribution < 1.29 is 4.79 Å². The second kappa shape index (κ2) is 3.68. The van der Waals surface area contributed by atoms with Gasteiger partial charge in [0.05, 0.1) is 0 Å². The molecule has 0 bridgehead atoms. The van der Waals surface area contributed by atoms with E-state index in [1.807, 2.05) is 36.4 Å². The lowest BCUT2D eigenvalue weighted by Gasteiger charge is -1.99.